The molecule has 2 N–H and O–H groups in total. The van der Waals surface area contributed by atoms with Gasteiger partial charge in [-0.3, -0.25) is 0 Å². The highest BCUT2D eigenvalue weighted by Gasteiger charge is 2.33. The van der Waals surface area contributed by atoms with Gasteiger partial charge >= 0.3 is 0 Å². The van der Waals surface area contributed by atoms with Gasteiger partial charge in [-0.05, 0) is 25.2 Å². The van der Waals surface area contributed by atoms with Crippen LogP contribution in [-0.4, -0.2) is 23.2 Å². The van der Waals surface area contributed by atoms with Crippen LogP contribution in [0.1, 0.15) is 44.9 Å². The molecule has 0 spiro atoms. The van der Waals surface area contributed by atoms with E-state index in [9.17, 15) is 8.42 Å². The molecule has 17 heavy (non-hydrogen) atoms. The minimum atomic E-state index is -3.78. The monoisotopic (exact) mass is 258 g/mol. The zero-order valence-corrected chi connectivity index (χ0v) is 10.9. The predicted molar refractivity (Wildman–Crippen MR) is 62.8 cm³/mol. The molecule has 1 heterocycles. The van der Waals surface area contributed by atoms with Crippen LogP contribution < -0.4 is 5.14 Å². The van der Waals surface area contributed by atoms with E-state index < -0.39 is 10.0 Å². The topological polar surface area (TPSA) is 90.9 Å². The van der Waals surface area contributed by atoms with Gasteiger partial charge in [0, 0.05) is 12.5 Å². The molecule has 1 aromatic rings. The molecule has 1 atom stereocenters. The Labute approximate surface area is 101 Å². The number of sulfonamides is 1. The summed E-state index contributed by atoms with van der Waals surface area (Å²) in [7, 11) is -3.78. The van der Waals surface area contributed by atoms with Crippen molar-refractivity contribution < 1.29 is 8.42 Å². The highest BCUT2D eigenvalue weighted by atomic mass is 32.2. The Bertz CT molecular complexity index is 504. The lowest BCUT2D eigenvalue weighted by Crippen LogP contribution is -2.20. The molecule has 0 aliphatic heterocycles. The Morgan fingerprint density at radius 1 is 1.47 bits per heavy atom. The summed E-state index contributed by atoms with van der Waals surface area (Å²) >= 11 is 0. The van der Waals surface area contributed by atoms with Gasteiger partial charge in [-0.1, -0.05) is 13.8 Å². The quantitative estimate of drug-likeness (QED) is 0.847. The van der Waals surface area contributed by atoms with E-state index in [0.717, 1.165) is 12.2 Å². The Kier molecular flexibility index (Phi) is 3.22. The number of nitrogens with zero attached hydrogens (tertiary/aromatic N) is 3. The molecule has 1 saturated carbocycles. The summed E-state index contributed by atoms with van der Waals surface area (Å²) in [5, 5.41) is 12.8. The molecule has 1 unspecified atom stereocenters. The first-order valence-electron chi connectivity index (χ1n) is 5.91. The molecule has 1 aliphatic carbocycles. The molecule has 0 bridgehead atoms. The fraction of sp³-hybridized carbons (Fsp3) is 0.800. The maximum Gasteiger partial charge on any atom is 0.273 e. The van der Waals surface area contributed by atoms with Gasteiger partial charge in [0.05, 0.1) is 0 Å². The van der Waals surface area contributed by atoms with Crippen LogP contribution in [0.2, 0.25) is 0 Å². The average Bonchev–Trinajstić information content (AvgIpc) is 2.98. The fourth-order valence-electron chi connectivity index (χ4n) is 2.09. The molecule has 1 fully saturated rings. The molecule has 0 amide bonds. The van der Waals surface area contributed by atoms with Gasteiger partial charge in [0.15, 0.2) is 0 Å². The molecule has 6 nitrogen and oxygen atoms in total. The number of rotatable bonds is 5. The molecule has 0 radical (unpaired) electrons. The fourth-order valence-corrected chi connectivity index (χ4v) is 2.73. The van der Waals surface area contributed by atoms with Crippen LogP contribution in [-0.2, 0) is 16.6 Å². The van der Waals surface area contributed by atoms with Crippen molar-refractivity contribution in [3.05, 3.63) is 5.82 Å². The van der Waals surface area contributed by atoms with Gasteiger partial charge in [-0.2, -0.15) is 0 Å². The number of hydrogen-bond donors (Lipinski definition) is 1. The van der Waals surface area contributed by atoms with E-state index in [1.807, 2.05) is 6.92 Å². The molecule has 1 aromatic heterocycles. The van der Waals surface area contributed by atoms with Gasteiger partial charge in [0.1, 0.15) is 5.82 Å². The summed E-state index contributed by atoms with van der Waals surface area (Å²) in [5.74, 6) is 1.62. The van der Waals surface area contributed by atoms with Crippen LogP contribution in [0.15, 0.2) is 5.16 Å². The lowest BCUT2D eigenvalue weighted by molar-refractivity contribution is 0.516. The van der Waals surface area contributed by atoms with Crippen LogP contribution >= 0.6 is 0 Å². The third kappa shape index (κ3) is 2.50. The Balaban J connectivity index is 2.42. The molecule has 2 rings (SSSR count). The largest absolute Gasteiger partial charge is 0.301 e. The van der Waals surface area contributed by atoms with Crippen LogP contribution in [0.4, 0.5) is 0 Å². The van der Waals surface area contributed by atoms with Gasteiger partial charge in [0.2, 0.25) is 0 Å². The zero-order valence-electron chi connectivity index (χ0n) is 10.1. The van der Waals surface area contributed by atoms with Crippen molar-refractivity contribution in [3.63, 3.8) is 0 Å². The minimum absolute atomic E-state index is 0.109. The van der Waals surface area contributed by atoms with E-state index in [0.29, 0.717) is 12.5 Å². The van der Waals surface area contributed by atoms with E-state index in [2.05, 4.69) is 17.1 Å². The van der Waals surface area contributed by atoms with Crippen LogP contribution in [0, 0.1) is 5.92 Å². The second kappa shape index (κ2) is 4.38. The maximum atomic E-state index is 11.4. The number of nitrogens with two attached hydrogens (primary N) is 1. The van der Waals surface area contributed by atoms with Gasteiger partial charge in [-0.25, -0.2) is 13.6 Å². The molecule has 0 saturated heterocycles. The predicted octanol–water partition coefficient (Wildman–Crippen LogP) is 0.849. The summed E-state index contributed by atoms with van der Waals surface area (Å²) in [6, 6.07) is 0. The van der Waals surface area contributed by atoms with Crippen molar-refractivity contribution >= 4 is 10.0 Å². The lowest BCUT2D eigenvalue weighted by atomic mass is 10.1. The molecular formula is C10H18N4O2S. The molecule has 96 valence electrons. The van der Waals surface area contributed by atoms with Crippen LogP contribution in [0.3, 0.4) is 0 Å². The SMILES string of the molecule is CCCn1c(C(C)C2CC2)nnc1S(N)(=O)=O. The lowest BCUT2D eigenvalue weighted by Gasteiger charge is -2.12. The van der Waals surface area contributed by atoms with Gasteiger partial charge in [-0.15, -0.1) is 10.2 Å². The second-order valence-corrected chi connectivity index (χ2v) is 6.12. The average molecular weight is 258 g/mol. The molecule has 1 aliphatic rings. The van der Waals surface area contributed by atoms with Crippen LogP contribution in [0.5, 0.6) is 0 Å². The van der Waals surface area contributed by atoms with Crippen molar-refractivity contribution in [2.24, 2.45) is 11.1 Å². The minimum Gasteiger partial charge on any atom is -0.301 e. The van der Waals surface area contributed by atoms with Crippen molar-refractivity contribution in [2.75, 3.05) is 0 Å². The Morgan fingerprint density at radius 2 is 2.12 bits per heavy atom. The van der Waals surface area contributed by atoms with Gasteiger partial charge < -0.3 is 4.57 Å². The first-order chi connectivity index (χ1) is 7.95. The van der Waals surface area contributed by atoms with Crippen LogP contribution in [0.25, 0.3) is 0 Å². The first-order valence-corrected chi connectivity index (χ1v) is 7.45. The molecule has 0 aromatic carbocycles. The normalized spacial score (nSPS) is 18.3. The van der Waals surface area contributed by atoms with E-state index in [-0.39, 0.29) is 11.1 Å². The summed E-state index contributed by atoms with van der Waals surface area (Å²) < 4.78 is 24.5. The summed E-state index contributed by atoms with van der Waals surface area (Å²) in [6.07, 6.45) is 3.20. The third-order valence-corrected chi connectivity index (χ3v) is 3.99. The molecular weight excluding hydrogens is 240 g/mol. The van der Waals surface area contributed by atoms with E-state index >= 15 is 0 Å². The number of hydrogen-bond acceptors (Lipinski definition) is 4. The molecule has 7 heteroatoms. The van der Waals surface area contributed by atoms with E-state index in [1.54, 1.807) is 4.57 Å². The van der Waals surface area contributed by atoms with Crippen molar-refractivity contribution in [3.8, 4) is 0 Å². The van der Waals surface area contributed by atoms with Crippen molar-refractivity contribution in [2.45, 2.75) is 50.7 Å². The summed E-state index contributed by atoms with van der Waals surface area (Å²) in [4.78, 5) is 0. The highest BCUT2D eigenvalue weighted by Crippen LogP contribution is 2.41. The number of primary sulfonamides is 1. The van der Waals surface area contributed by atoms with Crippen molar-refractivity contribution in [1.82, 2.24) is 14.8 Å². The van der Waals surface area contributed by atoms with Gasteiger partial charge in [0.25, 0.3) is 15.2 Å². The Hall–Kier alpha value is -0.950. The third-order valence-electron chi connectivity index (χ3n) is 3.18. The highest BCUT2D eigenvalue weighted by molar-refractivity contribution is 7.89. The maximum absolute atomic E-state index is 11.4. The van der Waals surface area contributed by atoms with E-state index in [4.69, 9.17) is 5.14 Å². The first kappa shape index (κ1) is 12.5. The second-order valence-electron chi connectivity index (χ2n) is 4.66. The smallest absolute Gasteiger partial charge is 0.273 e. The zero-order chi connectivity index (χ0) is 12.6. The standard InChI is InChI=1S/C10H18N4O2S/c1-3-6-14-9(7(2)8-4-5-8)12-13-10(14)17(11,15)16/h7-8H,3-6H2,1-2H3,(H2,11,15,16). The Morgan fingerprint density at radius 3 is 2.59 bits per heavy atom. The van der Waals surface area contributed by atoms with E-state index in [1.165, 1.54) is 12.8 Å². The summed E-state index contributed by atoms with van der Waals surface area (Å²) in [6.45, 7) is 4.64. The summed E-state index contributed by atoms with van der Waals surface area (Å²) in [5.41, 5.74) is 0. The van der Waals surface area contributed by atoms with Crippen molar-refractivity contribution in [1.29, 1.82) is 0 Å². The number of aromatic nitrogens is 3.